The molecule has 0 fully saturated rings. The standard InChI is InChI=1S/C35H49N3O4/c1-11-26-19-21-28(22-20-26)30(31(39)37-34(5,6)7)38(25(4)18-17-24(2)3)32(40)29(23-27-15-13-12-14-16-27)36-33(41)42-35(8,9)10/h1,12-16,19-22,24-25,29-30H,17-18,23H2,2-10H3,(H,36,41)(H,37,39). The second-order valence-electron chi connectivity index (χ2n) is 13.4. The third-order valence-corrected chi connectivity index (χ3v) is 6.58. The highest BCUT2D eigenvalue weighted by atomic mass is 16.6. The number of hydrogen-bond acceptors (Lipinski definition) is 4. The number of rotatable bonds is 11. The van der Waals surface area contributed by atoms with E-state index in [1.54, 1.807) is 49.9 Å². The Hall–Kier alpha value is -3.79. The largest absolute Gasteiger partial charge is 0.444 e. The SMILES string of the molecule is C#Cc1ccc(C(C(=O)NC(C)(C)C)N(C(=O)C(Cc2ccccc2)NC(=O)OC(C)(C)C)C(C)CCC(C)C)cc1. The molecule has 3 amide bonds. The van der Waals surface area contributed by atoms with Gasteiger partial charge in [0.05, 0.1) is 0 Å². The molecule has 0 radical (unpaired) electrons. The molecule has 0 bridgehead atoms. The molecule has 0 aliphatic rings. The minimum atomic E-state index is -0.973. The number of benzene rings is 2. The number of carbonyl (C=O) groups is 3. The fourth-order valence-electron chi connectivity index (χ4n) is 4.63. The molecule has 0 aliphatic heterocycles. The van der Waals surface area contributed by atoms with Crippen molar-refractivity contribution in [2.24, 2.45) is 5.92 Å². The summed E-state index contributed by atoms with van der Waals surface area (Å²) in [6, 6.07) is 14.4. The molecular formula is C35H49N3O4. The van der Waals surface area contributed by atoms with Gasteiger partial charge in [-0.15, -0.1) is 6.42 Å². The lowest BCUT2D eigenvalue weighted by atomic mass is 9.95. The van der Waals surface area contributed by atoms with E-state index < -0.39 is 29.3 Å². The van der Waals surface area contributed by atoms with Crippen molar-refractivity contribution in [2.75, 3.05) is 0 Å². The van der Waals surface area contributed by atoms with E-state index in [-0.39, 0.29) is 24.3 Å². The molecule has 3 unspecified atom stereocenters. The van der Waals surface area contributed by atoms with Gasteiger partial charge in [-0.2, -0.15) is 0 Å². The highest BCUT2D eigenvalue weighted by molar-refractivity contribution is 5.92. The van der Waals surface area contributed by atoms with Gasteiger partial charge in [-0.3, -0.25) is 9.59 Å². The summed E-state index contributed by atoms with van der Waals surface area (Å²) < 4.78 is 5.54. The van der Waals surface area contributed by atoms with E-state index in [2.05, 4.69) is 30.4 Å². The summed E-state index contributed by atoms with van der Waals surface area (Å²) in [6.45, 7) is 17.2. The Morgan fingerprint density at radius 2 is 1.50 bits per heavy atom. The van der Waals surface area contributed by atoms with Crippen molar-refractivity contribution in [1.82, 2.24) is 15.5 Å². The van der Waals surface area contributed by atoms with Crippen LogP contribution in [0.3, 0.4) is 0 Å². The molecule has 0 heterocycles. The normalized spacial score (nSPS) is 13.8. The van der Waals surface area contributed by atoms with Crippen LogP contribution in [0.1, 0.15) is 97.9 Å². The Kier molecular flexibility index (Phi) is 12.2. The zero-order chi connectivity index (χ0) is 31.7. The van der Waals surface area contributed by atoms with Crippen molar-refractivity contribution in [3.8, 4) is 12.3 Å². The van der Waals surface area contributed by atoms with Crippen molar-refractivity contribution >= 4 is 17.9 Å². The third-order valence-electron chi connectivity index (χ3n) is 6.58. The van der Waals surface area contributed by atoms with Gasteiger partial charge in [0.25, 0.3) is 0 Å². The van der Waals surface area contributed by atoms with Crippen molar-refractivity contribution < 1.29 is 19.1 Å². The maximum Gasteiger partial charge on any atom is 0.408 e. The van der Waals surface area contributed by atoms with Gasteiger partial charge < -0.3 is 20.3 Å². The number of alkyl carbamates (subject to hydrolysis) is 1. The Bertz CT molecular complexity index is 1220. The Labute approximate surface area is 252 Å². The summed E-state index contributed by atoms with van der Waals surface area (Å²) in [7, 11) is 0. The summed E-state index contributed by atoms with van der Waals surface area (Å²) in [5.74, 6) is 2.34. The van der Waals surface area contributed by atoms with E-state index in [9.17, 15) is 14.4 Å². The lowest BCUT2D eigenvalue weighted by molar-refractivity contribution is -0.145. The first kappa shape index (κ1) is 34.4. The van der Waals surface area contributed by atoms with Gasteiger partial charge in [-0.05, 0) is 90.5 Å². The number of nitrogens with one attached hydrogen (secondary N) is 2. The van der Waals surface area contributed by atoms with E-state index in [1.807, 2.05) is 58.0 Å². The maximum absolute atomic E-state index is 14.7. The fourth-order valence-corrected chi connectivity index (χ4v) is 4.63. The number of nitrogens with zero attached hydrogens (tertiary/aromatic N) is 1. The number of terminal acetylenes is 1. The maximum atomic E-state index is 14.7. The van der Waals surface area contributed by atoms with Gasteiger partial charge in [0.1, 0.15) is 17.7 Å². The summed E-state index contributed by atoms with van der Waals surface area (Å²) in [6.07, 6.45) is 6.67. The molecule has 0 aliphatic carbocycles. The molecule has 0 spiro atoms. The first-order valence-corrected chi connectivity index (χ1v) is 14.7. The van der Waals surface area contributed by atoms with Gasteiger partial charge in [0.15, 0.2) is 0 Å². The summed E-state index contributed by atoms with van der Waals surface area (Å²) >= 11 is 0. The summed E-state index contributed by atoms with van der Waals surface area (Å²) in [5.41, 5.74) is 0.894. The lowest BCUT2D eigenvalue weighted by Gasteiger charge is -2.40. The van der Waals surface area contributed by atoms with Crippen LogP contribution in [0.4, 0.5) is 4.79 Å². The van der Waals surface area contributed by atoms with Crippen LogP contribution in [-0.2, 0) is 20.7 Å². The van der Waals surface area contributed by atoms with Crippen LogP contribution in [0.25, 0.3) is 0 Å². The van der Waals surface area contributed by atoms with Crippen LogP contribution in [0.2, 0.25) is 0 Å². The van der Waals surface area contributed by atoms with Gasteiger partial charge in [0, 0.05) is 23.6 Å². The zero-order valence-electron chi connectivity index (χ0n) is 26.8. The molecule has 0 aromatic heterocycles. The van der Waals surface area contributed by atoms with Crippen LogP contribution < -0.4 is 10.6 Å². The topological polar surface area (TPSA) is 87.7 Å². The van der Waals surface area contributed by atoms with Crippen molar-refractivity contribution in [2.45, 2.75) is 111 Å². The molecule has 7 heteroatoms. The van der Waals surface area contributed by atoms with Crippen LogP contribution in [0.5, 0.6) is 0 Å². The Balaban J connectivity index is 2.67. The number of hydrogen-bond donors (Lipinski definition) is 2. The van der Waals surface area contributed by atoms with Gasteiger partial charge in [0.2, 0.25) is 11.8 Å². The van der Waals surface area contributed by atoms with E-state index in [1.165, 1.54) is 0 Å². The quantitative estimate of drug-likeness (QED) is 0.303. The van der Waals surface area contributed by atoms with Crippen LogP contribution in [0.15, 0.2) is 54.6 Å². The van der Waals surface area contributed by atoms with Crippen LogP contribution >= 0.6 is 0 Å². The number of ether oxygens (including phenoxy) is 1. The monoisotopic (exact) mass is 575 g/mol. The number of carbonyl (C=O) groups excluding carboxylic acids is 3. The molecule has 2 aromatic carbocycles. The second-order valence-corrected chi connectivity index (χ2v) is 13.4. The number of amides is 3. The highest BCUT2D eigenvalue weighted by Crippen LogP contribution is 2.29. The van der Waals surface area contributed by atoms with Crippen molar-refractivity contribution in [3.05, 3.63) is 71.3 Å². The van der Waals surface area contributed by atoms with E-state index >= 15 is 0 Å². The summed E-state index contributed by atoms with van der Waals surface area (Å²) in [4.78, 5) is 43.4. The molecule has 2 aromatic rings. The smallest absolute Gasteiger partial charge is 0.408 e. The van der Waals surface area contributed by atoms with Crippen LogP contribution in [-0.4, -0.2) is 46.0 Å². The lowest BCUT2D eigenvalue weighted by Crippen LogP contribution is -2.57. The predicted octanol–water partition coefficient (Wildman–Crippen LogP) is 6.41. The van der Waals surface area contributed by atoms with Crippen molar-refractivity contribution in [3.63, 3.8) is 0 Å². The molecule has 0 saturated heterocycles. The molecule has 3 atom stereocenters. The molecule has 0 saturated carbocycles. The van der Waals surface area contributed by atoms with E-state index in [0.717, 1.165) is 12.0 Å². The second kappa shape index (κ2) is 14.9. The Morgan fingerprint density at radius 1 is 0.905 bits per heavy atom. The zero-order valence-corrected chi connectivity index (χ0v) is 26.8. The average Bonchev–Trinajstić information content (AvgIpc) is 2.88. The van der Waals surface area contributed by atoms with Crippen LogP contribution in [0, 0.1) is 18.3 Å². The minimum Gasteiger partial charge on any atom is -0.444 e. The molecule has 42 heavy (non-hydrogen) atoms. The van der Waals surface area contributed by atoms with Gasteiger partial charge in [-0.1, -0.05) is 62.2 Å². The molecule has 2 rings (SSSR count). The van der Waals surface area contributed by atoms with Gasteiger partial charge in [-0.25, -0.2) is 4.79 Å². The minimum absolute atomic E-state index is 0.232. The van der Waals surface area contributed by atoms with E-state index in [4.69, 9.17) is 11.2 Å². The first-order chi connectivity index (χ1) is 19.5. The fraction of sp³-hybridized carbons (Fsp3) is 0.514. The summed E-state index contributed by atoms with van der Waals surface area (Å²) in [5, 5.41) is 5.90. The van der Waals surface area contributed by atoms with E-state index in [0.29, 0.717) is 23.5 Å². The average molecular weight is 576 g/mol. The molecule has 7 nitrogen and oxygen atoms in total. The Morgan fingerprint density at radius 3 is 2.00 bits per heavy atom. The predicted molar refractivity (Wildman–Crippen MR) is 169 cm³/mol. The highest BCUT2D eigenvalue weighted by Gasteiger charge is 2.39. The molecule has 228 valence electrons. The van der Waals surface area contributed by atoms with Crippen molar-refractivity contribution in [1.29, 1.82) is 0 Å². The first-order valence-electron chi connectivity index (χ1n) is 14.7. The third kappa shape index (κ3) is 11.2. The molecule has 2 N–H and O–H groups in total. The van der Waals surface area contributed by atoms with Gasteiger partial charge >= 0.3 is 6.09 Å². The molecular weight excluding hydrogens is 526 g/mol.